The van der Waals surface area contributed by atoms with Crippen LogP contribution in [0.15, 0.2) is 27.5 Å². The van der Waals surface area contributed by atoms with Crippen LogP contribution in [0.5, 0.6) is 0 Å². The molecular weight excluding hydrogens is 488 g/mol. The first-order valence-electron chi connectivity index (χ1n) is 11.0. The SMILES string of the molecule is Cc1cc(C)c(CNC(=O)c2cc(Br)cc(N(C)C3CCC(OC(N)=O)CC3)c2C)c(=O)[nH]1. The van der Waals surface area contributed by atoms with Gasteiger partial charge in [-0.2, -0.15) is 0 Å². The summed E-state index contributed by atoms with van der Waals surface area (Å²) < 4.78 is 5.94. The first-order chi connectivity index (χ1) is 15.6. The molecule has 2 amide bonds. The molecule has 1 aliphatic carbocycles. The van der Waals surface area contributed by atoms with Crippen molar-refractivity contribution in [1.29, 1.82) is 0 Å². The molecule has 2 aromatic rings. The van der Waals surface area contributed by atoms with E-state index in [9.17, 15) is 14.4 Å². The van der Waals surface area contributed by atoms with Crippen molar-refractivity contribution in [2.24, 2.45) is 5.73 Å². The lowest BCUT2D eigenvalue weighted by atomic mass is 9.91. The molecule has 1 heterocycles. The van der Waals surface area contributed by atoms with Crippen LogP contribution in [-0.2, 0) is 11.3 Å². The number of nitrogens with one attached hydrogen (secondary N) is 2. The van der Waals surface area contributed by atoms with E-state index in [0.29, 0.717) is 11.1 Å². The van der Waals surface area contributed by atoms with Gasteiger partial charge in [-0.05, 0) is 75.8 Å². The zero-order chi connectivity index (χ0) is 24.3. The summed E-state index contributed by atoms with van der Waals surface area (Å²) in [5.41, 5.74) is 9.52. The Bertz CT molecular complexity index is 1110. The number of hydrogen-bond donors (Lipinski definition) is 3. The van der Waals surface area contributed by atoms with Crippen LogP contribution in [0.2, 0.25) is 0 Å². The van der Waals surface area contributed by atoms with Gasteiger partial charge < -0.3 is 25.7 Å². The molecule has 1 aromatic heterocycles. The van der Waals surface area contributed by atoms with Crippen molar-refractivity contribution in [2.45, 2.75) is 65.1 Å². The Morgan fingerprint density at radius 3 is 2.45 bits per heavy atom. The number of hydrogen-bond acceptors (Lipinski definition) is 5. The Morgan fingerprint density at radius 1 is 1.18 bits per heavy atom. The van der Waals surface area contributed by atoms with Crippen molar-refractivity contribution in [2.75, 3.05) is 11.9 Å². The van der Waals surface area contributed by atoms with Gasteiger partial charge >= 0.3 is 6.09 Å². The van der Waals surface area contributed by atoms with E-state index in [4.69, 9.17) is 10.5 Å². The van der Waals surface area contributed by atoms with E-state index in [0.717, 1.165) is 52.7 Å². The predicted octanol–water partition coefficient (Wildman–Crippen LogP) is 3.84. The highest BCUT2D eigenvalue weighted by atomic mass is 79.9. The first-order valence-corrected chi connectivity index (χ1v) is 11.8. The predicted molar refractivity (Wildman–Crippen MR) is 132 cm³/mol. The summed E-state index contributed by atoms with van der Waals surface area (Å²) in [5, 5.41) is 2.90. The van der Waals surface area contributed by atoms with Gasteiger partial charge in [0.25, 0.3) is 11.5 Å². The number of benzene rings is 1. The minimum absolute atomic E-state index is 0.134. The third kappa shape index (κ3) is 5.96. The van der Waals surface area contributed by atoms with Crippen LogP contribution in [0.25, 0.3) is 0 Å². The average Bonchev–Trinajstić information content (AvgIpc) is 2.73. The highest BCUT2D eigenvalue weighted by Gasteiger charge is 2.27. The Morgan fingerprint density at radius 2 is 1.85 bits per heavy atom. The molecule has 4 N–H and O–H groups in total. The maximum absolute atomic E-state index is 13.1. The summed E-state index contributed by atoms with van der Waals surface area (Å²) in [6.45, 7) is 5.78. The number of halogens is 1. The van der Waals surface area contributed by atoms with Crippen molar-refractivity contribution >= 4 is 33.6 Å². The summed E-state index contributed by atoms with van der Waals surface area (Å²) >= 11 is 3.54. The van der Waals surface area contributed by atoms with Gasteiger partial charge in [0, 0.05) is 46.6 Å². The summed E-state index contributed by atoms with van der Waals surface area (Å²) in [5.74, 6) is -0.235. The van der Waals surface area contributed by atoms with E-state index in [1.54, 1.807) is 6.07 Å². The zero-order valence-corrected chi connectivity index (χ0v) is 21.0. The van der Waals surface area contributed by atoms with Gasteiger partial charge in [0.2, 0.25) is 0 Å². The molecule has 178 valence electrons. The number of aromatic nitrogens is 1. The molecular formula is C24H31BrN4O4. The maximum atomic E-state index is 13.1. The third-order valence-corrected chi connectivity index (χ3v) is 6.82. The average molecular weight is 519 g/mol. The number of pyridine rings is 1. The van der Waals surface area contributed by atoms with E-state index in [-0.39, 0.29) is 30.2 Å². The van der Waals surface area contributed by atoms with Gasteiger partial charge in [0.15, 0.2) is 0 Å². The summed E-state index contributed by atoms with van der Waals surface area (Å²) in [7, 11) is 2.02. The Hall–Kier alpha value is -2.81. The summed E-state index contributed by atoms with van der Waals surface area (Å²) in [4.78, 5) is 41.3. The van der Waals surface area contributed by atoms with Crippen molar-refractivity contribution in [3.05, 3.63) is 61.0 Å². The topological polar surface area (TPSA) is 118 Å². The van der Waals surface area contributed by atoms with E-state index in [1.807, 2.05) is 40.0 Å². The lowest BCUT2D eigenvalue weighted by Gasteiger charge is -2.36. The molecule has 1 fully saturated rings. The van der Waals surface area contributed by atoms with Gasteiger partial charge in [-0.15, -0.1) is 0 Å². The molecule has 0 aliphatic heterocycles. The highest BCUT2D eigenvalue weighted by molar-refractivity contribution is 9.10. The number of anilines is 1. The van der Waals surface area contributed by atoms with Crippen LogP contribution in [0.3, 0.4) is 0 Å². The number of aryl methyl sites for hydroxylation is 2. The normalized spacial score (nSPS) is 18.0. The molecule has 33 heavy (non-hydrogen) atoms. The molecule has 1 saturated carbocycles. The second-order valence-electron chi connectivity index (χ2n) is 8.70. The number of carbonyl (C=O) groups is 2. The molecule has 3 rings (SSSR count). The van der Waals surface area contributed by atoms with Gasteiger partial charge in [-0.3, -0.25) is 9.59 Å². The second-order valence-corrected chi connectivity index (χ2v) is 9.62. The van der Waals surface area contributed by atoms with E-state index >= 15 is 0 Å². The fourth-order valence-electron chi connectivity index (χ4n) is 4.54. The fraction of sp³-hybridized carbons (Fsp3) is 0.458. The number of ether oxygens (including phenoxy) is 1. The lowest BCUT2D eigenvalue weighted by Crippen LogP contribution is -2.38. The van der Waals surface area contributed by atoms with Crippen LogP contribution in [-0.4, -0.2) is 36.2 Å². The van der Waals surface area contributed by atoms with Gasteiger partial charge in [-0.1, -0.05) is 15.9 Å². The molecule has 9 heteroatoms. The van der Waals surface area contributed by atoms with Gasteiger partial charge in [-0.25, -0.2) is 4.79 Å². The molecule has 0 atom stereocenters. The molecule has 8 nitrogen and oxygen atoms in total. The first kappa shape index (κ1) is 24.8. The fourth-order valence-corrected chi connectivity index (χ4v) is 4.99. The van der Waals surface area contributed by atoms with Crippen LogP contribution in [0.1, 0.15) is 58.4 Å². The van der Waals surface area contributed by atoms with Crippen molar-refractivity contribution in [1.82, 2.24) is 10.3 Å². The second kappa shape index (κ2) is 10.4. The Labute approximate surface area is 202 Å². The molecule has 0 saturated heterocycles. The highest BCUT2D eigenvalue weighted by Crippen LogP contribution is 2.33. The van der Waals surface area contributed by atoms with Crippen LogP contribution in [0, 0.1) is 20.8 Å². The minimum atomic E-state index is -0.729. The third-order valence-electron chi connectivity index (χ3n) is 6.36. The molecule has 1 aliphatic rings. The molecule has 0 radical (unpaired) electrons. The minimum Gasteiger partial charge on any atom is -0.446 e. The number of rotatable bonds is 6. The number of primary amides is 1. The molecule has 0 unspecified atom stereocenters. The maximum Gasteiger partial charge on any atom is 0.404 e. The largest absolute Gasteiger partial charge is 0.446 e. The number of amides is 2. The number of H-pyrrole nitrogens is 1. The van der Waals surface area contributed by atoms with Crippen molar-refractivity contribution in [3.63, 3.8) is 0 Å². The quantitative estimate of drug-likeness (QED) is 0.536. The van der Waals surface area contributed by atoms with Crippen molar-refractivity contribution < 1.29 is 14.3 Å². The number of nitrogens with zero attached hydrogens (tertiary/aromatic N) is 1. The zero-order valence-electron chi connectivity index (χ0n) is 19.5. The molecule has 1 aromatic carbocycles. The molecule has 0 spiro atoms. The monoisotopic (exact) mass is 518 g/mol. The summed E-state index contributed by atoms with van der Waals surface area (Å²) in [6, 6.07) is 5.96. The number of nitrogens with two attached hydrogens (primary N) is 1. The summed E-state index contributed by atoms with van der Waals surface area (Å²) in [6.07, 6.45) is 2.36. The van der Waals surface area contributed by atoms with E-state index < -0.39 is 6.09 Å². The van der Waals surface area contributed by atoms with Crippen LogP contribution >= 0.6 is 15.9 Å². The van der Waals surface area contributed by atoms with Gasteiger partial charge in [0.05, 0.1) is 0 Å². The van der Waals surface area contributed by atoms with Crippen molar-refractivity contribution in [3.8, 4) is 0 Å². The molecule has 0 bridgehead atoms. The Balaban J connectivity index is 1.75. The smallest absolute Gasteiger partial charge is 0.404 e. The lowest BCUT2D eigenvalue weighted by molar-refractivity contribution is 0.0788. The van der Waals surface area contributed by atoms with Crippen LogP contribution < -0.4 is 21.5 Å². The standard InChI is InChI=1S/C24H31BrN4O4/c1-13-9-14(2)28-23(31)20(13)12-27-22(30)19-10-16(25)11-21(15(19)3)29(4)17-5-7-18(8-6-17)33-24(26)32/h9-11,17-18H,5-8,12H2,1-4H3,(H2,26,32)(H,27,30)(H,28,31). The van der Waals surface area contributed by atoms with Crippen LogP contribution in [0.4, 0.5) is 10.5 Å². The number of aromatic amines is 1. The Kier molecular flexibility index (Phi) is 7.84. The number of carbonyl (C=O) groups excluding carboxylic acids is 2. The van der Waals surface area contributed by atoms with E-state index in [1.165, 1.54) is 0 Å². The van der Waals surface area contributed by atoms with E-state index in [2.05, 4.69) is 31.1 Å². The van der Waals surface area contributed by atoms with Gasteiger partial charge in [0.1, 0.15) is 6.10 Å².